The van der Waals surface area contributed by atoms with Crippen molar-refractivity contribution in [2.75, 3.05) is 0 Å². The van der Waals surface area contributed by atoms with E-state index in [0.29, 0.717) is 11.3 Å². The van der Waals surface area contributed by atoms with E-state index in [2.05, 4.69) is 10.4 Å². The Balaban J connectivity index is 1.76. The van der Waals surface area contributed by atoms with Crippen molar-refractivity contribution >= 4 is 22.7 Å². The molecule has 152 valence electrons. The van der Waals surface area contributed by atoms with E-state index in [1.807, 2.05) is 72.8 Å². The van der Waals surface area contributed by atoms with Crippen molar-refractivity contribution in [1.82, 2.24) is 10.4 Å². The van der Waals surface area contributed by atoms with E-state index in [0.717, 1.165) is 21.9 Å². The Morgan fingerprint density at radius 1 is 1.07 bits per heavy atom. The summed E-state index contributed by atoms with van der Waals surface area (Å²) >= 11 is 0. The molecule has 0 bridgehead atoms. The molecule has 5 N–H and O–H groups in total. The number of allylic oxidation sites excluding steroid dienone is 1. The van der Waals surface area contributed by atoms with Crippen LogP contribution in [0.15, 0.2) is 89.1 Å². The van der Waals surface area contributed by atoms with Crippen molar-refractivity contribution in [3.05, 3.63) is 95.2 Å². The number of rotatable bonds is 4. The molecule has 7 nitrogen and oxygen atoms in total. The van der Waals surface area contributed by atoms with Crippen LogP contribution in [0.25, 0.3) is 10.8 Å². The van der Waals surface area contributed by atoms with Gasteiger partial charge in [0.05, 0.1) is 11.3 Å². The lowest BCUT2D eigenvalue weighted by Crippen LogP contribution is -2.53. The molecule has 0 aromatic heterocycles. The monoisotopic (exact) mass is 401 g/mol. The maximum absolute atomic E-state index is 13.2. The van der Waals surface area contributed by atoms with Crippen molar-refractivity contribution in [2.45, 2.75) is 19.6 Å². The number of guanidine groups is 1. The van der Waals surface area contributed by atoms with Gasteiger partial charge in [0, 0.05) is 0 Å². The topological polar surface area (TPSA) is 106 Å². The molecule has 0 saturated carbocycles. The highest BCUT2D eigenvalue weighted by Gasteiger charge is 2.36. The number of nitrogens with one attached hydrogen (secondary N) is 1. The number of ether oxygens (including phenoxy) is 1. The number of esters is 1. The van der Waals surface area contributed by atoms with Gasteiger partial charge in [-0.2, -0.15) is 0 Å². The zero-order valence-corrected chi connectivity index (χ0v) is 16.6. The third-order valence-corrected chi connectivity index (χ3v) is 5.14. The minimum Gasteiger partial charge on any atom is -0.457 e. The normalized spacial score (nSPS) is 16.4. The van der Waals surface area contributed by atoms with Gasteiger partial charge < -0.3 is 4.74 Å². The van der Waals surface area contributed by atoms with E-state index in [9.17, 15) is 4.79 Å². The zero-order valence-electron chi connectivity index (χ0n) is 16.6. The molecule has 30 heavy (non-hydrogen) atoms. The van der Waals surface area contributed by atoms with Crippen LogP contribution in [0.4, 0.5) is 0 Å². The highest BCUT2D eigenvalue weighted by Crippen LogP contribution is 2.37. The second-order valence-corrected chi connectivity index (χ2v) is 7.02. The van der Waals surface area contributed by atoms with E-state index in [1.54, 1.807) is 6.92 Å². The van der Waals surface area contributed by atoms with Gasteiger partial charge in [0.15, 0.2) is 0 Å². The molecule has 0 spiro atoms. The van der Waals surface area contributed by atoms with Crippen LogP contribution in [0.5, 0.6) is 0 Å². The van der Waals surface area contributed by atoms with Gasteiger partial charge in [-0.15, -0.1) is 0 Å². The van der Waals surface area contributed by atoms with Gasteiger partial charge >= 0.3 is 5.97 Å². The van der Waals surface area contributed by atoms with Crippen molar-refractivity contribution in [3.63, 3.8) is 0 Å². The molecule has 0 amide bonds. The van der Waals surface area contributed by atoms with Crippen LogP contribution >= 0.6 is 0 Å². The lowest BCUT2D eigenvalue weighted by atomic mass is 9.91. The molecule has 1 aliphatic heterocycles. The average molecular weight is 401 g/mol. The zero-order chi connectivity index (χ0) is 21.1. The fourth-order valence-corrected chi connectivity index (χ4v) is 3.70. The Labute approximate surface area is 174 Å². The predicted molar refractivity (Wildman–Crippen MR) is 116 cm³/mol. The quantitative estimate of drug-likeness (QED) is 0.353. The molecule has 0 fully saturated rings. The first-order chi connectivity index (χ1) is 14.6. The van der Waals surface area contributed by atoms with Crippen LogP contribution in [-0.4, -0.2) is 16.9 Å². The van der Waals surface area contributed by atoms with Gasteiger partial charge in [0.25, 0.3) is 0 Å². The van der Waals surface area contributed by atoms with Gasteiger partial charge in [0.2, 0.25) is 5.96 Å². The minimum absolute atomic E-state index is 0.162. The standard InChI is InChI=1S/C23H23N5O2/c1-15-20(22(29)30-14-16-8-3-2-4-9-16)21(28(25)23(26-15)27-24)19-13-7-11-17-10-5-6-12-18(17)19/h2-13,21H,14,24-25H2,1H3,(H,26,27). The Kier molecular flexibility index (Phi) is 5.47. The summed E-state index contributed by atoms with van der Waals surface area (Å²) in [6, 6.07) is 22.8. The van der Waals surface area contributed by atoms with Crippen molar-refractivity contribution in [2.24, 2.45) is 16.7 Å². The van der Waals surface area contributed by atoms with Crippen LogP contribution in [0.2, 0.25) is 0 Å². The van der Waals surface area contributed by atoms with Crippen LogP contribution < -0.4 is 17.1 Å². The molecule has 3 aromatic carbocycles. The summed E-state index contributed by atoms with van der Waals surface area (Å²) in [5, 5.41) is 3.40. The summed E-state index contributed by atoms with van der Waals surface area (Å²) in [6.07, 6.45) is 0. The molecule has 0 saturated heterocycles. The second-order valence-electron chi connectivity index (χ2n) is 7.02. The summed E-state index contributed by atoms with van der Waals surface area (Å²) < 4.78 is 5.62. The highest BCUT2D eigenvalue weighted by atomic mass is 16.5. The Morgan fingerprint density at radius 3 is 2.53 bits per heavy atom. The molecule has 3 aromatic rings. The fourth-order valence-electron chi connectivity index (χ4n) is 3.70. The van der Waals surface area contributed by atoms with Gasteiger partial charge in [-0.1, -0.05) is 72.8 Å². The maximum Gasteiger partial charge on any atom is 0.338 e. The summed E-state index contributed by atoms with van der Waals surface area (Å²) in [5.74, 6) is 11.8. The van der Waals surface area contributed by atoms with E-state index >= 15 is 0 Å². The molecule has 0 radical (unpaired) electrons. The number of hydrazine groups is 2. The molecule has 1 atom stereocenters. The maximum atomic E-state index is 13.2. The number of carbonyl (C=O) groups excluding carboxylic acids is 1. The predicted octanol–water partition coefficient (Wildman–Crippen LogP) is 2.91. The number of carbonyl (C=O) groups is 1. The lowest BCUT2D eigenvalue weighted by molar-refractivity contribution is -0.141. The second kappa shape index (κ2) is 8.36. The third-order valence-electron chi connectivity index (χ3n) is 5.14. The first-order valence-corrected chi connectivity index (χ1v) is 9.59. The van der Waals surface area contributed by atoms with Gasteiger partial charge in [-0.25, -0.2) is 21.5 Å². The number of nitrogens with zero attached hydrogens (tertiary/aromatic N) is 2. The van der Waals surface area contributed by atoms with E-state index in [1.165, 1.54) is 5.01 Å². The number of hydrogen-bond acceptors (Lipinski definition) is 7. The van der Waals surface area contributed by atoms with E-state index < -0.39 is 12.0 Å². The summed E-state index contributed by atoms with van der Waals surface area (Å²) in [7, 11) is 0. The molecule has 1 unspecified atom stereocenters. The van der Waals surface area contributed by atoms with Crippen LogP contribution in [-0.2, 0) is 16.1 Å². The fraction of sp³-hybridized carbons (Fsp3) is 0.130. The van der Waals surface area contributed by atoms with Crippen LogP contribution in [0.3, 0.4) is 0 Å². The van der Waals surface area contributed by atoms with Crippen LogP contribution in [0, 0.1) is 0 Å². The Morgan fingerprint density at radius 2 is 1.77 bits per heavy atom. The summed E-state index contributed by atoms with van der Waals surface area (Å²) in [5.41, 5.74) is 5.16. The third kappa shape index (κ3) is 3.63. The molecular formula is C23H23N5O2. The van der Waals surface area contributed by atoms with Gasteiger partial charge in [0.1, 0.15) is 12.6 Å². The van der Waals surface area contributed by atoms with Crippen molar-refractivity contribution in [3.8, 4) is 0 Å². The Hall–Kier alpha value is -3.68. The van der Waals surface area contributed by atoms with E-state index in [-0.39, 0.29) is 12.6 Å². The number of aliphatic imine (C=N–C) groups is 1. The van der Waals surface area contributed by atoms with Crippen LogP contribution in [0.1, 0.15) is 24.1 Å². The molecule has 0 aliphatic carbocycles. The smallest absolute Gasteiger partial charge is 0.338 e. The Bertz CT molecular complexity index is 1140. The van der Waals surface area contributed by atoms with E-state index in [4.69, 9.17) is 16.4 Å². The number of fused-ring (bicyclic) bond motifs is 1. The molecule has 4 rings (SSSR count). The summed E-state index contributed by atoms with van der Waals surface area (Å²) in [6.45, 7) is 1.91. The first kappa shape index (κ1) is 19.6. The largest absolute Gasteiger partial charge is 0.457 e. The molecule has 7 heteroatoms. The van der Waals surface area contributed by atoms with Gasteiger partial charge in [-0.05, 0) is 28.8 Å². The van der Waals surface area contributed by atoms with Crippen molar-refractivity contribution in [1.29, 1.82) is 0 Å². The number of benzene rings is 3. The number of hydrogen-bond donors (Lipinski definition) is 3. The SMILES string of the molecule is CC1=C(C(=O)OCc2ccccc2)C(c2cccc3ccccc23)N(N)C(NN)=N1. The number of nitrogens with two attached hydrogens (primary N) is 2. The first-order valence-electron chi connectivity index (χ1n) is 9.59. The summed E-state index contributed by atoms with van der Waals surface area (Å²) in [4.78, 5) is 17.5. The lowest BCUT2D eigenvalue weighted by Gasteiger charge is -2.35. The average Bonchev–Trinajstić information content (AvgIpc) is 2.79. The highest BCUT2D eigenvalue weighted by molar-refractivity contribution is 5.97. The minimum atomic E-state index is -0.608. The molecular weight excluding hydrogens is 378 g/mol. The van der Waals surface area contributed by atoms with Crippen molar-refractivity contribution < 1.29 is 9.53 Å². The molecule has 1 aliphatic rings. The van der Waals surface area contributed by atoms with Gasteiger partial charge in [-0.3, -0.25) is 10.4 Å². The molecule has 1 heterocycles.